The van der Waals surface area contributed by atoms with Gasteiger partial charge in [0.1, 0.15) is 25.5 Å². The number of nitrogens with zero attached hydrogens (tertiary/aromatic N) is 1. The van der Waals surface area contributed by atoms with Crippen molar-refractivity contribution in [1.82, 2.24) is 0 Å². The minimum Gasteiger partial charge on any atom is -1.00 e. The van der Waals surface area contributed by atoms with Gasteiger partial charge in [0.2, 0.25) is 0 Å². The van der Waals surface area contributed by atoms with Crippen molar-refractivity contribution in [2.75, 3.05) is 26.7 Å². The Balaban J connectivity index is 0. The van der Waals surface area contributed by atoms with Crippen molar-refractivity contribution < 1.29 is 26.7 Å². The van der Waals surface area contributed by atoms with Crippen LogP contribution >= 0.6 is 0 Å². The SMILES string of the molecule is CCCCCC(=O)CCO[N+](C)(CCC)CCC.[Cl-]. The van der Waals surface area contributed by atoms with Crippen LogP contribution in [-0.2, 0) is 9.63 Å². The van der Waals surface area contributed by atoms with Gasteiger partial charge in [-0.1, -0.05) is 33.6 Å². The molecule has 0 aromatic carbocycles. The summed E-state index contributed by atoms with van der Waals surface area (Å²) in [5.41, 5.74) is 0. The van der Waals surface area contributed by atoms with Crippen molar-refractivity contribution in [2.24, 2.45) is 0 Å². The number of carbonyl (C=O) groups is 1. The molecule has 4 heteroatoms. The lowest BCUT2D eigenvalue weighted by atomic mass is 10.1. The van der Waals surface area contributed by atoms with E-state index in [4.69, 9.17) is 4.84 Å². The molecule has 0 fully saturated rings. The predicted molar refractivity (Wildman–Crippen MR) is 76.2 cm³/mol. The van der Waals surface area contributed by atoms with Crippen LogP contribution in [0.5, 0.6) is 0 Å². The van der Waals surface area contributed by atoms with E-state index in [2.05, 4.69) is 27.8 Å². The number of ketones is 1. The molecule has 0 aliphatic heterocycles. The molecule has 0 atom stereocenters. The van der Waals surface area contributed by atoms with Gasteiger partial charge in [0, 0.05) is 12.8 Å². The van der Waals surface area contributed by atoms with Gasteiger partial charge in [-0.3, -0.25) is 4.79 Å². The van der Waals surface area contributed by atoms with Gasteiger partial charge >= 0.3 is 0 Å². The third-order valence-corrected chi connectivity index (χ3v) is 3.24. The highest BCUT2D eigenvalue weighted by atomic mass is 35.5. The van der Waals surface area contributed by atoms with E-state index in [0.717, 1.165) is 45.2 Å². The fraction of sp³-hybridized carbons (Fsp3) is 0.933. The Bertz CT molecular complexity index is 216. The Morgan fingerprint density at radius 3 is 2.00 bits per heavy atom. The molecule has 0 saturated heterocycles. The zero-order valence-electron chi connectivity index (χ0n) is 13.2. The molecule has 19 heavy (non-hydrogen) atoms. The highest BCUT2D eigenvalue weighted by Crippen LogP contribution is 2.09. The average molecular weight is 294 g/mol. The molecule has 0 aromatic rings. The fourth-order valence-electron chi connectivity index (χ4n) is 2.26. The van der Waals surface area contributed by atoms with Crippen molar-refractivity contribution in [2.45, 2.75) is 65.7 Å². The summed E-state index contributed by atoms with van der Waals surface area (Å²) in [5, 5.41) is 0. The molecule has 0 saturated carbocycles. The molecule has 0 aliphatic carbocycles. The van der Waals surface area contributed by atoms with Gasteiger partial charge in [-0.25, -0.2) is 4.84 Å². The molecule has 0 N–H and O–H groups in total. The number of hydrogen-bond acceptors (Lipinski definition) is 2. The normalized spacial score (nSPS) is 11.2. The summed E-state index contributed by atoms with van der Waals surface area (Å²) in [6.07, 6.45) is 6.89. The van der Waals surface area contributed by atoms with Gasteiger partial charge in [0.25, 0.3) is 0 Å². The maximum atomic E-state index is 11.6. The van der Waals surface area contributed by atoms with Crippen molar-refractivity contribution in [3.8, 4) is 0 Å². The summed E-state index contributed by atoms with van der Waals surface area (Å²) < 4.78 is 0.648. The van der Waals surface area contributed by atoms with Crippen LogP contribution in [0.15, 0.2) is 0 Å². The first-order chi connectivity index (χ1) is 8.58. The first-order valence-electron chi connectivity index (χ1n) is 7.58. The third kappa shape index (κ3) is 11.4. The number of unbranched alkanes of at least 4 members (excludes halogenated alkanes) is 2. The molecule has 0 radical (unpaired) electrons. The first kappa shape index (κ1) is 21.2. The zero-order chi connectivity index (χ0) is 13.9. The number of carbonyl (C=O) groups excluding carboxylic acids is 1. The topological polar surface area (TPSA) is 26.3 Å². The molecule has 3 nitrogen and oxygen atoms in total. The smallest absolute Gasteiger partial charge is 0.135 e. The van der Waals surface area contributed by atoms with Gasteiger partial charge in [0.05, 0.1) is 7.05 Å². The highest BCUT2D eigenvalue weighted by Gasteiger charge is 2.21. The molecule has 0 heterocycles. The summed E-state index contributed by atoms with van der Waals surface area (Å²) in [7, 11) is 2.12. The van der Waals surface area contributed by atoms with Crippen LogP contribution in [0.3, 0.4) is 0 Å². The van der Waals surface area contributed by atoms with Crippen LogP contribution in [0.2, 0.25) is 0 Å². The van der Waals surface area contributed by atoms with E-state index < -0.39 is 0 Å². The molecule has 0 aromatic heterocycles. The molecule has 0 rings (SSSR count). The predicted octanol–water partition coefficient (Wildman–Crippen LogP) is 0.728. The molecule has 116 valence electrons. The molecule has 0 bridgehead atoms. The molecule has 0 aliphatic rings. The van der Waals surface area contributed by atoms with Crippen molar-refractivity contribution in [1.29, 1.82) is 0 Å². The zero-order valence-corrected chi connectivity index (χ0v) is 14.0. The summed E-state index contributed by atoms with van der Waals surface area (Å²) in [5.74, 6) is 0.350. The van der Waals surface area contributed by atoms with Crippen LogP contribution < -0.4 is 12.4 Å². The second-order valence-electron chi connectivity index (χ2n) is 5.32. The summed E-state index contributed by atoms with van der Waals surface area (Å²) in [6, 6.07) is 0. The van der Waals surface area contributed by atoms with Crippen LogP contribution in [0.25, 0.3) is 0 Å². The maximum absolute atomic E-state index is 11.6. The van der Waals surface area contributed by atoms with E-state index in [1.54, 1.807) is 0 Å². The van der Waals surface area contributed by atoms with Crippen molar-refractivity contribution >= 4 is 5.78 Å². The summed E-state index contributed by atoms with van der Waals surface area (Å²) in [4.78, 5) is 17.5. The first-order valence-corrected chi connectivity index (χ1v) is 7.58. The Morgan fingerprint density at radius 1 is 0.947 bits per heavy atom. The maximum Gasteiger partial charge on any atom is 0.135 e. The number of hydroxylamine groups is 3. The lowest BCUT2D eigenvalue weighted by Crippen LogP contribution is -3.00. The van der Waals surface area contributed by atoms with Gasteiger partial charge in [0.15, 0.2) is 0 Å². The number of rotatable bonds is 12. The lowest BCUT2D eigenvalue weighted by Gasteiger charge is -2.30. The van der Waals surface area contributed by atoms with E-state index in [1.165, 1.54) is 6.42 Å². The lowest BCUT2D eigenvalue weighted by molar-refractivity contribution is -1.09. The molecule has 0 spiro atoms. The van der Waals surface area contributed by atoms with E-state index >= 15 is 0 Å². The van der Waals surface area contributed by atoms with E-state index in [0.29, 0.717) is 23.5 Å². The number of hydrogen-bond donors (Lipinski definition) is 0. The van der Waals surface area contributed by atoms with Crippen LogP contribution in [0, 0.1) is 0 Å². The van der Waals surface area contributed by atoms with Crippen molar-refractivity contribution in [3.05, 3.63) is 0 Å². The fourth-order valence-corrected chi connectivity index (χ4v) is 2.26. The number of halogens is 1. The molecular weight excluding hydrogens is 262 g/mol. The van der Waals surface area contributed by atoms with Gasteiger partial charge in [-0.15, -0.1) is 0 Å². The van der Waals surface area contributed by atoms with Crippen LogP contribution in [0.4, 0.5) is 0 Å². The van der Waals surface area contributed by atoms with Gasteiger partial charge < -0.3 is 12.4 Å². The number of quaternary nitrogens is 1. The largest absolute Gasteiger partial charge is 1.00 e. The van der Waals surface area contributed by atoms with Crippen LogP contribution in [-0.4, -0.2) is 37.2 Å². The standard InChI is InChI=1S/C15H32NO2.ClH/c1-5-8-9-10-15(17)11-14-18-16(4,12-6-2)13-7-3;/h5-14H2,1-4H3;1H/q+1;/p-1. The molecule has 0 amide bonds. The monoisotopic (exact) mass is 293 g/mol. The second kappa shape index (κ2) is 12.9. The second-order valence-corrected chi connectivity index (χ2v) is 5.32. The Labute approximate surface area is 125 Å². The molecular formula is C15H32ClNO2. The Hall–Kier alpha value is -0.120. The van der Waals surface area contributed by atoms with E-state index in [9.17, 15) is 4.79 Å². The summed E-state index contributed by atoms with van der Waals surface area (Å²) >= 11 is 0. The van der Waals surface area contributed by atoms with Crippen molar-refractivity contribution in [3.63, 3.8) is 0 Å². The van der Waals surface area contributed by atoms with Crippen LogP contribution in [0.1, 0.15) is 65.7 Å². The minimum atomic E-state index is 0. The minimum absolute atomic E-state index is 0. The quantitative estimate of drug-likeness (QED) is 0.301. The summed E-state index contributed by atoms with van der Waals surface area (Å²) in [6.45, 7) is 9.13. The van der Waals surface area contributed by atoms with E-state index in [1.807, 2.05) is 0 Å². The third-order valence-electron chi connectivity index (χ3n) is 3.24. The molecule has 0 unspecified atom stereocenters. The van der Waals surface area contributed by atoms with Gasteiger partial charge in [-0.05, 0) is 19.3 Å². The Morgan fingerprint density at radius 2 is 1.53 bits per heavy atom. The Kier molecular flexibility index (Phi) is 14.4. The number of Topliss-reactive ketones (excluding diaryl/α,β-unsaturated/α-hetero) is 1. The van der Waals surface area contributed by atoms with E-state index in [-0.39, 0.29) is 12.4 Å². The highest BCUT2D eigenvalue weighted by molar-refractivity contribution is 5.78. The average Bonchev–Trinajstić information content (AvgIpc) is 2.30. The van der Waals surface area contributed by atoms with Gasteiger partial charge in [-0.2, -0.15) is 4.65 Å².